The van der Waals surface area contributed by atoms with Crippen molar-refractivity contribution in [2.45, 2.75) is 0 Å². The van der Waals surface area contributed by atoms with Crippen molar-refractivity contribution < 1.29 is 4.79 Å². The molecule has 0 atom stereocenters. The number of nitrogens with zero attached hydrogens (tertiary/aromatic N) is 4. The fourth-order valence-electron chi connectivity index (χ4n) is 2.34. The first kappa shape index (κ1) is 17.2. The van der Waals surface area contributed by atoms with Gasteiger partial charge in [-0.3, -0.25) is 19.1 Å². The molecule has 0 saturated heterocycles. The number of hydrogen-bond donors (Lipinski definition) is 1. The lowest BCUT2D eigenvalue weighted by molar-refractivity contribution is 0.101. The maximum absolute atomic E-state index is 12.3. The number of ketones is 1. The van der Waals surface area contributed by atoms with Gasteiger partial charge in [-0.25, -0.2) is 4.98 Å². The van der Waals surface area contributed by atoms with E-state index in [1.807, 2.05) is 0 Å². The number of nitroso groups, excluding NO2 is 1. The lowest BCUT2D eigenvalue weighted by atomic mass is 10.1. The summed E-state index contributed by atoms with van der Waals surface area (Å²) >= 11 is 0. The SMILES string of the molecule is Cn1c(NCC(=O)c2ccc(N=O)cc2)nc(-c2ccncc2)cc1=O. The molecule has 0 bridgehead atoms. The van der Waals surface area contributed by atoms with Gasteiger partial charge in [-0.1, -0.05) is 0 Å². The van der Waals surface area contributed by atoms with E-state index in [1.54, 1.807) is 31.6 Å². The predicted molar refractivity (Wildman–Crippen MR) is 97.4 cm³/mol. The van der Waals surface area contributed by atoms with Gasteiger partial charge >= 0.3 is 0 Å². The first-order valence-corrected chi connectivity index (χ1v) is 7.77. The van der Waals surface area contributed by atoms with Crippen molar-refractivity contribution in [3.8, 4) is 11.3 Å². The minimum absolute atomic E-state index is 0.0477. The van der Waals surface area contributed by atoms with E-state index in [0.29, 0.717) is 11.3 Å². The van der Waals surface area contributed by atoms with Gasteiger partial charge in [-0.2, -0.15) is 0 Å². The zero-order valence-electron chi connectivity index (χ0n) is 13.9. The molecule has 0 fully saturated rings. The molecule has 2 aromatic heterocycles. The van der Waals surface area contributed by atoms with Crippen molar-refractivity contribution in [1.29, 1.82) is 0 Å². The summed E-state index contributed by atoms with van der Waals surface area (Å²) in [5, 5.41) is 5.69. The number of carbonyl (C=O) groups is 1. The molecule has 3 aromatic rings. The van der Waals surface area contributed by atoms with Gasteiger partial charge in [-0.05, 0) is 41.6 Å². The Labute approximate surface area is 148 Å². The number of aromatic nitrogens is 3. The molecule has 0 aliphatic heterocycles. The Bertz CT molecular complexity index is 998. The molecule has 0 amide bonds. The molecule has 26 heavy (non-hydrogen) atoms. The minimum Gasteiger partial charge on any atom is -0.348 e. The van der Waals surface area contributed by atoms with Gasteiger partial charge in [0.2, 0.25) is 5.95 Å². The number of pyridine rings is 1. The molecule has 2 heterocycles. The third-order valence-corrected chi connectivity index (χ3v) is 3.81. The Hall–Kier alpha value is -3.68. The maximum atomic E-state index is 12.3. The normalized spacial score (nSPS) is 10.3. The second-order valence-electron chi connectivity index (χ2n) is 5.51. The van der Waals surface area contributed by atoms with Crippen LogP contribution in [0.1, 0.15) is 10.4 Å². The summed E-state index contributed by atoms with van der Waals surface area (Å²) in [5.74, 6) is 0.0786. The molecule has 0 unspecified atom stereocenters. The summed E-state index contributed by atoms with van der Waals surface area (Å²) in [5.41, 5.74) is 1.68. The van der Waals surface area contributed by atoms with Crippen molar-refractivity contribution in [1.82, 2.24) is 14.5 Å². The van der Waals surface area contributed by atoms with E-state index in [0.717, 1.165) is 5.56 Å². The maximum Gasteiger partial charge on any atom is 0.255 e. The van der Waals surface area contributed by atoms with Gasteiger partial charge in [0.05, 0.1) is 12.2 Å². The Balaban J connectivity index is 1.80. The van der Waals surface area contributed by atoms with Crippen LogP contribution in [0.5, 0.6) is 0 Å². The van der Waals surface area contributed by atoms with E-state index in [4.69, 9.17) is 0 Å². The third kappa shape index (κ3) is 3.69. The van der Waals surface area contributed by atoms with Gasteiger partial charge in [0.15, 0.2) is 5.78 Å². The van der Waals surface area contributed by atoms with Crippen LogP contribution >= 0.6 is 0 Å². The van der Waals surface area contributed by atoms with E-state index in [1.165, 1.54) is 34.9 Å². The molecule has 0 saturated carbocycles. The van der Waals surface area contributed by atoms with E-state index in [2.05, 4.69) is 20.5 Å². The van der Waals surface area contributed by atoms with E-state index in [9.17, 15) is 14.5 Å². The summed E-state index contributed by atoms with van der Waals surface area (Å²) in [6, 6.07) is 10.9. The number of Topliss-reactive ketones (excluding diaryl/α,β-unsaturated/α-hetero) is 1. The van der Waals surface area contributed by atoms with Crippen LogP contribution in [0.15, 0.2) is 64.8 Å². The quantitative estimate of drug-likeness (QED) is 0.541. The molecular weight excluding hydrogens is 334 g/mol. The van der Waals surface area contributed by atoms with Crippen LogP contribution in [0, 0.1) is 4.91 Å². The summed E-state index contributed by atoms with van der Waals surface area (Å²) in [6.07, 6.45) is 3.23. The van der Waals surface area contributed by atoms with Gasteiger partial charge in [0.1, 0.15) is 5.69 Å². The number of benzene rings is 1. The lowest BCUT2D eigenvalue weighted by Crippen LogP contribution is -2.24. The molecule has 1 aromatic carbocycles. The standard InChI is InChI=1S/C18H15N5O3/c1-23-17(25)10-15(12-6-8-19-9-7-12)21-18(23)20-11-16(24)13-2-4-14(22-26)5-3-13/h2-10H,11H2,1H3,(H,20,21). The van der Waals surface area contributed by atoms with E-state index in [-0.39, 0.29) is 29.5 Å². The third-order valence-electron chi connectivity index (χ3n) is 3.81. The number of hydrogen-bond acceptors (Lipinski definition) is 7. The monoisotopic (exact) mass is 349 g/mol. The molecule has 3 rings (SSSR count). The molecule has 130 valence electrons. The Morgan fingerprint density at radius 3 is 2.50 bits per heavy atom. The van der Waals surface area contributed by atoms with Gasteiger partial charge in [0, 0.05) is 36.6 Å². The predicted octanol–water partition coefficient (Wildman–Crippen LogP) is 2.54. The van der Waals surface area contributed by atoms with Gasteiger partial charge < -0.3 is 5.32 Å². The van der Waals surface area contributed by atoms with E-state index >= 15 is 0 Å². The topological polar surface area (TPSA) is 106 Å². The van der Waals surface area contributed by atoms with Crippen LogP contribution < -0.4 is 10.9 Å². The molecule has 8 heteroatoms. The summed E-state index contributed by atoms with van der Waals surface area (Å²) in [7, 11) is 1.57. The molecule has 8 nitrogen and oxygen atoms in total. The van der Waals surface area contributed by atoms with Crippen molar-refractivity contribution in [3.63, 3.8) is 0 Å². The zero-order valence-corrected chi connectivity index (χ0v) is 13.9. The summed E-state index contributed by atoms with van der Waals surface area (Å²) < 4.78 is 1.33. The number of carbonyl (C=O) groups excluding carboxylic acids is 1. The first-order valence-electron chi connectivity index (χ1n) is 7.77. The number of anilines is 1. The number of nitrogens with one attached hydrogen (secondary N) is 1. The molecule has 0 spiro atoms. The lowest BCUT2D eigenvalue weighted by Gasteiger charge is -2.11. The van der Waals surface area contributed by atoms with Crippen molar-refractivity contribution >= 4 is 17.4 Å². The van der Waals surface area contributed by atoms with Crippen LogP contribution in [0.2, 0.25) is 0 Å². The van der Waals surface area contributed by atoms with E-state index < -0.39 is 0 Å². The van der Waals surface area contributed by atoms with Crippen LogP contribution in [0.25, 0.3) is 11.3 Å². The molecular formula is C18H15N5O3. The zero-order chi connectivity index (χ0) is 18.5. The molecule has 1 N–H and O–H groups in total. The highest BCUT2D eigenvalue weighted by molar-refractivity contribution is 5.99. The average Bonchev–Trinajstić information content (AvgIpc) is 2.69. The van der Waals surface area contributed by atoms with Crippen molar-refractivity contribution in [3.05, 3.63) is 75.7 Å². The van der Waals surface area contributed by atoms with Crippen LogP contribution in [0.3, 0.4) is 0 Å². The Morgan fingerprint density at radius 1 is 1.15 bits per heavy atom. The Kier molecular flexibility index (Phi) is 4.93. The van der Waals surface area contributed by atoms with Gasteiger partial charge in [0.25, 0.3) is 5.56 Å². The smallest absolute Gasteiger partial charge is 0.255 e. The van der Waals surface area contributed by atoms with Crippen molar-refractivity contribution in [2.75, 3.05) is 11.9 Å². The van der Waals surface area contributed by atoms with Crippen molar-refractivity contribution in [2.24, 2.45) is 12.2 Å². The second-order valence-corrected chi connectivity index (χ2v) is 5.51. The molecule has 0 aliphatic rings. The van der Waals surface area contributed by atoms with Gasteiger partial charge in [-0.15, -0.1) is 4.91 Å². The highest BCUT2D eigenvalue weighted by atomic mass is 16.3. The molecule has 0 aliphatic carbocycles. The minimum atomic E-state index is -0.247. The highest BCUT2D eigenvalue weighted by Crippen LogP contribution is 2.16. The number of rotatable bonds is 6. The van der Waals surface area contributed by atoms with Crippen LogP contribution in [-0.2, 0) is 7.05 Å². The first-order chi connectivity index (χ1) is 12.6. The fraction of sp³-hybridized carbons (Fsp3) is 0.111. The second kappa shape index (κ2) is 7.47. The van der Waals surface area contributed by atoms with Crippen LogP contribution in [-0.4, -0.2) is 26.9 Å². The summed E-state index contributed by atoms with van der Waals surface area (Å²) in [6.45, 7) is -0.0477. The fourth-order valence-corrected chi connectivity index (χ4v) is 2.34. The average molecular weight is 349 g/mol. The largest absolute Gasteiger partial charge is 0.348 e. The Morgan fingerprint density at radius 2 is 1.85 bits per heavy atom. The highest BCUT2D eigenvalue weighted by Gasteiger charge is 2.10. The molecule has 0 radical (unpaired) electrons. The summed E-state index contributed by atoms with van der Waals surface area (Å²) in [4.78, 5) is 43.2. The van der Waals surface area contributed by atoms with Crippen LogP contribution in [0.4, 0.5) is 11.6 Å².